The van der Waals surface area contributed by atoms with Gasteiger partial charge in [-0.15, -0.1) is 0 Å². The highest BCUT2D eigenvalue weighted by atomic mass is 17.0. The lowest BCUT2D eigenvalue weighted by Gasteiger charge is -2.59. The average Bonchev–Trinajstić information content (AvgIpc) is 3.41. The average molecular weight is 542 g/mol. The third-order valence-corrected chi connectivity index (χ3v) is 11.2. The van der Waals surface area contributed by atoms with Gasteiger partial charge in [0.2, 0.25) is 5.78 Å². The van der Waals surface area contributed by atoms with Gasteiger partial charge in [-0.1, -0.05) is 63.8 Å². The summed E-state index contributed by atoms with van der Waals surface area (Å²) in [5, 5.41) is 13.5. The van der Waals surface area contributed by atoms with Crippen LogP contribution in [0.3, 0.4) is 0 Å². The van der Waals surface area contributed by atoms with E-state index in [1.807, 2.05) is 6.08 Å². The molecule has 214 valence electrons. The molecule has 0 spiro atoms. The van der Waals surface area contributed by atoms with Gasteiger partial charge in [-0.05, 0) is 62.5 Å². The largest absolute Gasteiger partial charge is 0.457 e. The molecule has 0 aromatic heterocycles. The third-order valence-electron chi connectivity index (χ3n) is 11.2. The van der Waals surface area contributed by atoms with Gasteiger partial charge >= 0.3 is 5.97 Å². The van der Waals surface area contributed by atoms with Crippen LogP contribution < -0.4 is 0 Å². The fraction of sp³-hybridized carbons (Fsp3) is 0.774. The summed E-state index contributed by atoms with van der Waals surface area (Å²) in [6, 6.07) is 0.0850. The zero-order chi connectivity index (χ0) is 27.7. The molecule has 1 saturated heterocycles. The number of aliphatic hydroxyl groups is 1. The van der Waals surface area contributed by atoms with Crippen molar-refractivity contribution < 1.29 is 33.9 Å². The van der Waals surface area contributed by atoms with Crippen LogP contribution in [0.25, 0.3) is 0 Å². The van der Waals surface area contributed by atoms with E-state index >= 15 is 0 Å². The van der Waals surface area contributed by atoms with Crippen LogP contribution in [0.4, 0.5) is 0 Å². The van der Waals surface area contributed by atoms with Crippen molar-refractivity contribution >= 4 is 17.5 Å². The maximum absolute atomic E-state index is 14.2. The molecule has 0 amide bonds. The number of hydrogen-bond donors (Lipinski definition) is 1. The number of fused-ring (bicyclic) bond motifs is 7. The lowest BCUT2D eigenvalue weighted by molar-refractivity contribution is -0.365. The summed E-state index contributed by atoms with van der Waals surface area (Å²) < 4.78 is 5.46. The Morgan fingerprint density at radius 3 is 2.64 bits per heavy atom. The Morgan fingerprint density at radius 2 is 1.92 bits per heavy atom. The number of carbonyl (C=O) groups excluding carboxylic acids is 3. The van der Waals surface area contributed by atoms with E-state index in [0.717, 1.165) is 44.1 Å². The topological polar surface area (TPSA) is 102 Å². The summed E-state index contributed by atoms with van der Waals surface area (Å²) in [4.78, 5) is 51.9. The van der Waals surface area contributed by atoms with Crippen LogP contribution in [0.2, 0.25) is 0 Å². The van der Waals surface area contributed by atoms with E-state index in [9.17, 15) is 19.5 Å². The molecule has 0 aromatic carbocycles. The van der Waals surface area contributed by atoms with E-state index < -0.39 is 34.6 Å². The van der Waals surface area contributed by atoms with Crippen LogP contribution in [0.15, 0.2) is 23.8 Å². The van der Waals surface area contributed by atoms with Gasteiger partial charge in [0.1, 0.15) is 6.10 Å². The second kappa shape index (κ2) is 9.61. The summed E-state index contributed by atoms with van der Waals surface area (Å²) in [5.41, 5.74) is -1.32. The highest BCUT2D eigenvalue weighted by Gasteiger charge is 2.77. The first-order valence-corrected chi connectivity index (χ1v) is 15.0. The Morgan fingerprint density at radius 1 is 1.18 bits per heavy atom. The summed E-state index contributed by atoms with van der Waals surface area (Å²) in [7, 11) is 0. The Bertz CT molecular complexity index is 1110. The number of aliphatic hydroxyl groups excluding tert-OH is 1. The molecular weight excluding hydrogens is 498 g/mol. The number of rotatable bonds is 5. The maximum atomic E-state index is 14.2. The Labute approximate surface area is 231 Å². The fourth-order valence-electron chi connectivity index (χ4n) is 9.28. The molecule has 8 heteroatoms. The van der Waals surface area contributed by atoms with Crippen molar-refractivity contribution in [3.05, 3.63) is 23.8 Å². The minimum atomic E-state index is -1.33. The van der Waals surface area contributed by atoms with Gasteiger partial charge in [0.15, 0.2) is 18.0 Å². The molecule has 8 nitrogen and oxygen atoms in total. The van der Waals surface area contributed by atoms with Gasteiger partial charge in [0.05, 0.1) is 18.1 Å². The standard InChI is InChI=1S/C31H43NO7/c1-18(2)28(36)37-17-25(35)31-26(38-32(39-31)20-8-6-5-7-9-20)15-23-22-11-10-19-14-21(33)12-13-29(19,3)27(22)24(34)16-30(23,31)4/h12-14,18,20,22-24,26-27,34H,5-11,15-17H2,1-4H3/t22?,23?,24?,26?,27?,29-,30-,31?/m0/s1. The summed E-state index contributed by atoms with van der Waals surface area (Å²) in [6.45, 7) is 7.36. The van der Waals surface area contributed by atoms with E-state index in [1.54, 1.807) is 31.2 Å². The molecule has 6 aliphatic rings. The van der Waals surface area contributed by atoms with E-state index in [2.05, 4.69) is 13.8 Å². The second-order valence-electron chi connectivity index (χ2n) is 13.6. The van der Waals surface area contributed by atoms with E-state index in [4.69, 9.17) is 14.4 Å². The lowest BCUT2D eigenvalue weighted by Crippen LogP contribution is -2.64. The predicted molar refractivity (Wildman–Crippen MR) is 142 cm³/mol. The molecule has 6 rings (SSSR count). The van der Waals surface area contributed by atoms with Crippen molar-refractivity contribution in [1.82, 2.24) is 5.23 Å². The van der Waals surface area contributed by atoms with E-state index in [1.165, 1.54) is 6.42 Å². The molecule has 1 aliphatic heterocycles. The number of hydroxylamine groups is 2. The molecule has 6 unspecified atom stereocenters. The minimum Gasteiger partial charge on any atom is -0.457 e. The molecular formula is C31H43NO7. The number of hydrogen-bond acceptors (Lipinski definition) is 8. The van der Waals surface area contributed by atoms with Gasteiger partial charge in [-0.3, -0.25) is 24.1 Å². The summed E-state index contributed by atoms with van der Waals surface area (Å²) in [5.74, 6) is -0.852. The van der Waals surface area contributed by atoms with Crippen molar-refractivity contribution in [2.24, 2.45) is 34.5 Å². The van der Waals surface area contributed by atoms with Gasteiger partial charge in [0.25, 0.3) is 0 Å². The molecule has 39 heavy (non-hydrogen) atoms. The second-order valence-corrected chi connectivity index (χ2v) is 13.6. The summed E-state index contributed by atoms with van der Waals surface area (Å²) >= 11 is 0. The molecule has 1 N–H and O–H groups in total. The first-order valence-electron chi connectivity index (χ1n) is 15.0. The number of ketones is 2. The first-order chi connectivity index (χ1) is 18.5. The van der Waals surface area contributed by atoms with Crippen LogP contribution in [0.5, 0.6) is 0 Å². The molecule has 0 bridgehead atoms. The highest BCUT2D eigenvalue weighted by Crippen LogP contribution is 2.69. The number of allylic oxidation sites excluding steroid dienone is 4. The Balaban J connectivity index is 1.35. The maximum Gasteiger partial charge on any atom is 0.308 e. The Kier molecular flexibility index (Phi) is 6.73. The van der Waals surface area contributed by atoms with Gasteiger partial charge in [-0.2, -0.15) is 0 Å². The predicted octanol–water partition coefficient (Wildman–Crippen LogP) is 4.26. The van der Waals surface area contributed by atoms with Crippen molar-refractivity contribution in [2.75, 3.05) is 6.61 Å². The summed E-state index contributed by atoms with van der Waals surface area (Å²) in [6.07, 6.45) is 12.1. The molecule has 5 fully saturated rings. The molecule has 0 aromatic rings. The third kappa shape index (κ3) is 3.96. The Hall–Kier alpha value is -1.87. The zero-order valence-corrected chi connectivity index (χ0v) is 23.7. The van der Waals surface area contributed by atoms with E-state index in [0.29, 0.717) is 12.8 Å². The quantitative estimate of drug-likeness (QED) is 0.515. The molecule has 5 aliphatic carbocycles. The van der Waals surface area contributed by atoms with Gasteiger partial charge < -0.3 is 9.84 Å². The lowest BCUT2D eigenvalue weighted by atomic mass is 9.46. The van der Waals surface area contributed by atoms with Crippen molar-refractivity contribution in [1.29, 1.82) is 0 Å². The van der Waals surface area contributed by atoms with Crippen molar-refractivity contribution in [2.45, 2.75) is 109 Å². The monoisotopic (exact) mass is 541 g/mol. The van der Waals surface area contributed by atoms with Crippen molar-refractivity contribution in [3.8, 4) is 0 Å². The minimum absolute atomic E-state index is 0.0107. The molecule has 4 saturated carbocycles. The highest BCUT2D eigenvalue weighted by molar-refractivity contribution is 6.01. The number of esters is 1. The van der Waals surface area contributed by atoms with Crippen LogP contribution in [0, 0.1) is 34.5 Å². The number of Topliss-reactive ketones (excluding diaryl/α,β-unsaturated/α-hetero) is 1. The smallest absolute Gasteiger partial charge is 0.308 e. The van der Waals surface area contributed by atoms with Crippen molar-refractivity contribution in [3.63, 3.8) is 0 Å². The SMILES string of the molecule is CC(C)C(=O)OCC(=O)C12ON(C3CCCCC3)OC1CC1C3CCC4=CC(=O)C=C[C@]4(C)C3C(O)C[C@@]12C. The number of ether oxygens (including phenoxy) is 1. The van der Waals surface area contributed by atoms with Gasteiger partial charge in [-0.25, -0.2) is 0 Å². The number of nitrogens with zero attached hydrogens (tertiary/aromatic N) is 1. The zero-order valence-electron chi connectivity index (χ0n) is 23.7. The molecule has 8 atom stereocenters. The van der Waals surface area contributed by atoms with E-state index in [-0.39, 0.29) is 47.9 Å². The first kappa shape index (κ1) is 27.3. The fourth-order valence-corrected chi connectivity index (χ4v) is 9.28. The molecule has 1 heterocycles. The van der Waals surface area contributed by atoms with Gasteiger partial charge in [0, 0.05) is 16.7 Å². The van der Waals surface area contributed by atoms with Crippen LogP contribution in [-0.4, -0.2) is 58.3 Å². The molecule has 0 radical (unpaired) electrons. The van der Waals surface area contributed by atoms with Crippen LogP contribution >= 0.6 is 0 Å². The van der Waals surface area contributed by atoms with Crippen LogP contribution in [-0.2, 0) is 28.8 Å². The van der Waals surface area contributed by atoms with Crippen LogP contribution in [0.1, 0.15) is 85.5 Å². The normalized spacial score (nSPS) is 43.9. The number of carbonyl (C=O) groups is 3.